The molecule has 2 aromatic heterocycles. The number of halogens is 2. The summed E-state index contributed by atoms with van der Waals surface area (Å²) in [5.74, 6) is 0.597. The average molecular weight is 599 g/mol. The van der Waals surface area contributed by atoms with E-state index < -0.39 is 0 Å². The van der Waals surface area contributed by atoms with Crippen LogP contribution in [0.25, 0.3) is 11.4 Å². The van der Waals surface area contributed by atoms with E-state index in [4.69, 9.17) is 32.9 Å². The molecule has 0 fully saturated rings. The van der Waals surface area contributed by atoms with Crippen LogP contribution in [0.1, 0.15) is 85.3 Å². The van der Waals surface area contributed by atoms with E-state index in [-0.39, 0.29) is 5.91 Å². The summed E-state index contributed by atoms with van der Waals surface area (Å²) >= 11 is 13.8. The monoisotopic (exact) mass is 597 g/mol. The Balaban J connectivity index is 1.32. The topological polar surface area (TPSA) is 56.1 Å². The zero-order valence-corrected chi connectivity index (χ0v) is 25.4. The molecule has 40 heavy (non-hydrogen) atoms. The lowest BCUT2D eigenvalue weighted by atomic mass is 9.97. The molecule has 5 rings (SSSR count). The van der Waals surface area contributed by atoms with Crippen LogP contribution in [-0.4, -0.2) is 22.0 Å². The molecule has 8 heteroatoms. The third-order valence-corrected chi connectivity index (χ3v) is 9.04. The predicted molar refractivity (Wildman–Crippen MR) is 166 cm³/mol. The van der Waals surface area contributed by atoms with Crippen molar-refractivity contribution in [3.05, 3.63) is 79.3 Å². The van der Waals surface area contributed by atoms with Crippen LogP contribution in [0.15, 0.2) is 52.9 Å². The van der Waals surface area contributed by atoms with Gasteiger partial charge in [-0.15, -0.1) is 11.3 Å². The number of aromatic nitrogens is 2. The van der Waals surface area contributed by atoms with Gasteiger partial charge in [-0.05, 0) is 95.4 Å². The lowest BCUT2D eigenvalue weighted by Gasteiger charge is -2.16. The SMILES string of the molecule is Cc1c(C(=O)NCCC2=CCCCC2)cc(-c2csc(COc3cc(Cl)cc(Cl)c3)n2)n1CCC1=CCCCC1. The zero-order valence-electron chi connectivity index (χ0n) is 23.1. The van der Waals surface area contributed by atoms with Crippen LogP contribution >= 0.6 is 34.5 Å². The van der Waals surface area contributed by atoms with E-state index >= 15 is 0 Å². The third-order valence-electron chi connectivity index (χ3n) is 7.78. The summed E-state index contributed by atoms with van der Waals surface area (Å²) in [5.41, 5.74) is 6.54. The molecule has 0 saturated carbocycles. The highest BCUT2D eigenvalue weighted by Crippen LogP contribution is 2.31. The number of thiazole rings is 1. The Morgan fingerprint density at radius 2 is 1.70 bits per heavy atom. The molecule has 0 spiro atoms. The van der Waals surface area contributed by atoms with Gasteiger partial charge in [-0.3, -0.25) is 4.79 Å². The smallest absolute Gasteiger partial charge is 0.253 e. The molecular weight excluding hydrogens is 561 g/mol. The maximum absolute atomic E-state index is 13.3. The van der Waals surface area contributed by atoms with Crippen molar-refractivity contribution in [2.75, 3.05) is 6.54 Å². The molecule has 0 unspecified atom stereocenters. The number of hydrogen-bond acceptors (Lipinski definition) is 4. The Morgan fingerprint density at radius 1 is 1.00 bits per heavy atom. The van der Waals surface area contributed by atoms with Gasteiger partial charge < -0.3 is 14.6 Å². The number of carbonyl (C=O) groups excluding carboxylic acids is 1. The lowest BCUT2D eigenvalue weighted by Crippen LogP contribution is -2.25. The first-order valence-electron chi connectivity index (χ1n) is 14.3. The molecule has 0 bridgehead atoms. The Kier molecular flexibility index (Phi) is 10.1. The number of rotatable bonds is 11. The number of amides is 1. The van der Waals surface area contributed by atoms with Gasteiger partial charge in [0.1, 0.15) is 17.4 Å². The summed E-state index contributed by atoms with van der Waals surface area (Å²) in [4.78, 5) is 18.2. The standard InChI is InChI=1S/C32H37Cl2N3O2S/c1-22-28(32(38)35-14-12-23-8-4-2-5-9-23)19-30(37(22)15-13-24-10-6-3-7-11-24)29-21-40-31(36-29)20-39-27-17-25(33)16-26(34)18-27/h8,10,16-19,21H,2-7,9,11-15,20H2,1H3,(H,35,38). The molecule has 0 saturated heterocycles. The molecule has 2 aliphatic carbocycles. The summed E-state index contributed by atoms with van der Waals surface area (Å²) in [6.07, 6.45) is 16.4. The van der Waals surface area contributed by atoms with E-state index in [1.54, 1.807) is 29.5 Å². The van der Waals surface area contributed by atoms with Crippen LogP contribution in [-0.2, 0) is 13.2 Å². The minimum absolute atomic E-state index is 0.0117. The first kappa shape index (κ1) is 29.0. The van der Waals surface area contributed by atoms with Gasteiger partial charge in [0.2, 0.25) is 0 Å². The van der Waals surface area contributed by atoms with Gasteiger partial charge in [0.15, 0.2) is 0 Å². The van der Waals surface area contributed by atoms with Crippen LogP contribution in [0.2, 0.25) is 10.0 Å². The number of carbonyl (C=O) groups is 1. The lowest BCUT2D eigenvalue weighted by molar-refractivity contribution is 0.0953. The largest absolute Gasteiger partial charge is 0.486 e. The molecule has 0 radical (unpaired) electrons. The second kappa shape index (κ2) is 13.9. The molecule has 3 aromatic rings. The van der Waals surface area contributed by atoms with Gasteiger partial charge in [0.05, 0.1) is 17.0 Å². The van der Waals surface area contributed by atoms with Crippen molar-refractivity contribution in [2.45, 2.75) is 84.3 Å². The number of hydrogen-bond donors (Lipinski definition) is 1. The van der Waals surface area contributed by atoms with E-state index in [0.29, 0.717) is 28.9 Å². The minimum Gasteiger partial charge on any atom is -0.486 e. The fourth-order valence-corrected chi connectivity index (χ4v) is 6.78. The van der Waals surface area contributed by atoms with E-state index in [0.717, 1.165) is 53.5 Å². The Morgan fingerprint density at radius 3 is 2.38 bits per heavy atom. The average Bonchev–Trinajstić information content (AvgIpc) is 3.55. The summed E-state index contributed by atoms with van der Waals surface area (Å²) in [6, 6.07) is 7.17. The van der Waals surface area contributed by atoms with Gasteiger partial charge in [-0.1, -0.05) is 46.5 Å². The van der Waals surface area contributed by atoms with Crippen molar-refractivity contribution >= 4 is 40.4 Å². The Labute approximate surface area is 251 Å². The highest BCUT2D eigenvalue weighted by Gasteiger charge is 2.21. The second-order valence-electron chi connectivity index (χ2n) is 10.7. The highest BCUT2D eigenvalue weighted by atomic mass is 35.5. The van der Waals surface area contributed by atoms with E-state index in [1.807, 2.05) is 11.4 Å². The summed E-state index contributed by atoms with van der Waals surface area (Å²) in [7, 11) is 0. The van der Waals surface area contributed by atoms with Gasteiger partial charge in [-0.2, -0.15) is 0 Å². The molecule has 212 valence electrons. The molecular formula is C32H37Cl2N3O2S. The molecule has 1 aromatic carbocycles. The van der Waals surface area contributed by atoms with Crippen molar-refractivity contribution in [3.8, 4) is 17.1 Å². The van der Waals surface area contributed by atoms with Gasteiger partial charge >= 0.3 is 0 Å². The molecule has 0 aliphatic heterocycles. The maximum atomic E-state index is 13.3. The van der Waals surface area contributed by atoms with Gasteiger partial charge in [0, 0.05) is 34.2 Å². The number of allylic oxidation sites excluding steroid dienone is 3. The quantitative estimate of drug-likeness (QED) is 0.224. The molecule has 5 nitrogen and oxygen atoms in total. The highest BCUT2D eigenvalue weighted by molar-refractivity contribution is 7.09. The predicted octanol–water partition coefficient (Wildman–Crippen LogP) is 9.32. The fourth-order valence-electron chi connectivity index (χ4n) is 5.58. The van der Waals surface area contributed by atoms with Crippen LogP contribution in [0.3, 0.4) is 0 Å². The van der Waals surface area contributed by atoms with Crippen LogP contribution in [0.4, 0.5) is 0 Å². The molecule has 2 heterocycles. The summed E-state index contributed by atoms with van der Waals surface area (Å²) < 4.78 is 8.19. The van der Waals surface area contributed by atoms with E-state index in [2.05, 4.69) is 29.0 Å². The third kappa shape index (κ3) is 7.59. The summed E-state index contributed by atoms with van der Waals surface area (Å²) in [5, 5.41) is 7.13. The van der Waals surface area contributed by atoms with Crippen molar-refractivity contribution in [3.63, 3.8) is 0 Å². The number of ether oxygens (including phenoxy) is 1. The zero-order chi connectivity index (χ0) is 27.9. The summed E-state index contributed by atoms with van der Waals surface area (Å²) in [6.45, 7) is 3.87. The molecule has 1 amide bonds. The number of nitrogens with zero attached hydrogens (tertiary/aromatic N) is 2. The molecule has 0 atom stereocenters. The molecule has 2 aliphatic rings. The van der Waals surface area contributed by atoms with Crippen LogP contribution < -0.4 is 10.1 Å². The first-order chi connectivity index (χ1) is 19.5. The maximum Gasteiger partial charge on any atom is 0.253 e. The van der Waals surface area contributed by atoms with Crippen molar-refractivity contribution in [1.82, 2.24) is 14.9 Å². The van der Waals surface area contributed by atoms with Crippen molar-refractivity contribution in [1.29, 1.82) is 0 Å². The van der Waals surface area contributed by atoms with E-state index in [1.165, 1.54) is 56.1 Å². The first-order valence-corrected chi connectivity index (χ1v) is 16.0. The van der Waals surface area contributed by atoms with E-state index in [9.17, 15) is 4.79 Å². The normalized spacial score (nSPS) is 15.5. The minimum atomic E-state index is -0.0117. The Hall–Kier alpha value is -2.54. The molecule has 1 N–H and O–H groups in total. The van der Waals surface area contributed by atoms with Gasteiger partial charge in [0.25, 0.3) is 5.91 Å². The van der Waals surface area contributed by atoms with Gasteiger partial charge in [-0.25, -0.2) is 4.98 Å². The van der Waals surface area contributed by atoms with Crippen LogP contribution in [0.5, 0.6) is 5.75 Å². The fraction of sp³-hybridized carbons (Fsp3) is 0.438. The number of nitrogens with one attached hydrogen (secondary N) is 1. The Bertz CT molecular complexity index is 1380. The van der Waals surface area contributed by atoms with Crippen LogP contribution in [0, 0.1) is 6.92 Å². The second-order valence-corrected chi connectivity index (χ2v) is 12.5. The van der Waals surface area contributed by atoms with Crippen molar-refractivity contribution < 1.29 is 9.53 Å². The number of benzene rings is 1. The van der Waals surface area contributed by atoms with Crippen molar-refractivity contribution in [2.24, 2.45) is 0 Å².